The molecular weight excluding hydrogens is 238 g/mol. The summed E-state index contributed by atoms with van der Waals surface area (Å²) in [6.07, 6.45) is 2.06. The highest BCUT2D eigenvalue weighted by Crippen LogP contribution is 2.28. The zero-order chi connectivity index (χ0) is 13.2. The summed E-state index contributed by atoms with van der Waals surface area (Å²) in [6, 6.07) is 10.2. The third kappa shape index (κ3) is 2.49. The van der Waals surface area contributed by atoms with Crippen LogP contribution in [0.15, 0.2) is 30.3 Å². The minimum absolute atomic E-state index is 0.475. The monoisotopic (exact) mass is 257 g/mol. The van der Waals surface area contributed by atoms with E-state index < -0.39 is 0 Å². The van der Waals surface area contributed by atoms with E-state index in [1.807, 2.05) is 22.9 Å². The fourth-order valence-corrected chi connectivity index (χ4v) is 2.50. The van der Waals surface area contributed by atoms with Gasteiger partial charge in [-0.3, -0.25) is 0 Å². The molecule has 2 N–H and O–H groups in total. The van der Waals surface area contributed by atoms with Gasteiger partial charge in [-0.25, -0.2) is 4.68 Å². The van der Waals surface area contributed by atoms with Crippen molar-refractivity contribution in [3.05, 3.63) is 41.6 Å². The van der Waals surface area contributed by atoms with E-state index in [2.05, 4.69) is 24.2 Å². The van der Waals surface area contributed by atoms with Crippen molar-refractivity contribution >= 4 is 5.82 Å². The Morgan fingerprint density at radius 2 is 1.89 bits per heavy atom. The normalized spacial score (nSPS) is 16.7. The number of nitrogens with two attached hydrogens (primary N) is 1. The average molecular weight is 257 g/mol. The summed E-state index contributed by atoms with van der Waals surface area (Å²) in [5.74, 6) is 1.17. The molecule has 1 saturated heterocycles. The van der Waals surface area contributed by atoms with Gasteiger partial charge in [0, 0.05) is 25.2 Å². The van der Waals surface area contributed by atoms with E-state index in [1.165, 1.54) is 5.56 Å². The molecule has 1 aromatic heterocycles. The Hall–Kier alpha value is -1.81. The fraction of sp³-hybridized carbons (Fsp3) is 0.400. The first-order valence-corrected chi connectivity index (χ1v) is 6.74. The lowest BCUT2D eigenvalue weighted by Gasteiger charge is -2.19. The Labute approximate surface area is 113 Å². The second-order valence-electron chi connectivity index (χ2n) is 5.13. The molecule has 1 aliphatic heterocycles. The van der Waals surface area contributed by atoms with Crippen molar-refractivity contribution in [2.24, 2.45) is 0 Å². The Morgan fingerprint density at radius 1 is 1.21 bits per heavy atom. The second kappa shape index (κ2) is 5.05. The van der Waals surface area contributed by atoms with Crippen LogP contribution < -0.4 is 5.73 Å². The van der Waals surface area contributed by atoms with E-state index in [-0.39, 0.29) is 0 Å². The predicted octanol–water partition coefficient (Wildman–Crippen LogP) is 2.66. The lowest BCUT2D eigenvalue weighted by atomic mass is 9.97. The third-order valence-electron chi connectivity index (χ3n) is 3.67. The van der Waals surface area contributed by atoms with Gasteiger partial charge < -0.3 is 10.5 Å². The van der Waals surface area contributed by atoms with Crippen LogP contribution in [0.25, 0.3) is 5.69 Å². The van der Waals surface area contributed by atoms with Crippen LogP contribution in [0.4, 0.5) is 5.82 Å². The number of hydrogen-bond donors (Lipinski definition) is 1. The smallest absolute Gasteiger partial charge is 0.127 e. The van der Waals surface area contributed by atoms with Crippen molar-refractivity contribution in [1.29, 1.82) is 0 Å². The number of aromatic nitrogens is 2. The molecule has 0 amide bonds. The van der Waals surface area contributed by atoms with E-state index in [9.17, 15) is 0 Å². The largest absolute Gasteiger partial charge is 0.384 e. The quantitative estimate of drug-likeness (QED) is 0.899. The molecule has 4 heteroatoms. The maximum absolute atomic E-state index is 6.09. The summed E-state index contributed by atoms with van der Waals surface area (Å²) >= 11 is 0. The molecule has 0 aliphatic carbocycles. The molecule has 1 aromatic carbocycles. The van der Waals surface area contributed by atoms with Crippen molar-refractivity contribution in [3.8, 4) is 5.69 Å². The third-order valence-corrected chi connectivity index (χ3v) is 3.67. The van der Waals surface area contributed by atoms with E-state index in [0.29, 0.717) is 11.7 Å². The van der Waals surface area contributed by atoms with Crippen LogP contribution in [0, 0.1) is 6.92 Å². The molecule has 2 aromatic rings. The second-order valence-corrected chi connectivity index (χ2v) is 5.13. The number of benzene rings is 1. The van der Waals surface area contributed by atoms with Gasteiger partial charge in [-0.05, 0) is 31.9 Å². The van der Waals surface area contributed by atoms with Crippen molar-refractivity contribution in [2.75, 3.05) is 18.9 Å². The number of rotatable bonds is 2. The summed E-state index contributed by atoms with van der Waals surface area (Å²) in [5, 5.41) is 4.67. The topological polar surface area (TPSA) is 53.1 Å². The predicted molar refractivity (Wildman–Crippen MR) is 75.5 cm³/mol. The zero-order valence-corrected chi connectivity index (χ0v) is 11.2. The van der Waals surface area contributed by atoms with Gasteiger partial charge in [-0.1, -0.05) is 17.7 Å². The fourth-order valence-electron chi connectivity index (χ4n) is 2.50. The summed E-state index contributed by atoms with van der Waals surface area (Å²) in [4.78, 5) is 0. The average Bonchev–Trinajstić information content (AvgIpc) is 2.83. The Morgan fingerprint density at radius 3 is 2.58 bits per heavy atom. The van der Waals surface area contributed by atoms with Gasteiger partial charge in [-0.15, -0.1) is 0 Å². The summed E-state index contributed by atoms with van der Waals surface area (Å²) in [6.45, 7) is 3.72. The number of nitrogens with zero attached hydrogens (tertiary/aromatic N) is 2. The molecule has 0 saturated carbocycles. The van der Waals surface area contributed by atoms with Crippen LogP contribution in [0.1, 0.15) is 30.0 Å². The van der Waals surface area contributed by atoms with E-state index >= 15 is 0 Å². The van der Waals surface area contributed by atoms with Gasteiger partial charge in [0.1, 0.15) is 5.82 Å². The molecule has 3 rings (SSSR count). The maximum Gasteiger partial charge on any atom is 0.127 e. The highest BCUT2D eigenvalue weighted by atomic mass is 16.5. The molecule has 1 aliphatic rings. The first-order valence-electron chi connectivity index (χ1n) is 6.74. The minimum Gasteiger partial charge on any atom is -0.384 e. The van der Waals surface area contributed by atoms with Crippen LogP contribution in [0.3, 0.4) is 0 Å². The maximum atomic E-state index is 6.09. The lowest BCUT2D eigenvalue weighted by molar-refractivity contribution is 0.0844. The molecule has 0 spiro atoms. The van der Waals surface area contributed by atoms with Crippen LogP contribution in [-0.2, 0) is 4.74 Å². The van der Waals surface area contributed by atoms with Crippen LogP contribution >= 0.6 is 0 Å². The van der Waals surface area contributed by atoms with Crippen LogP contribution in [-0.4, -0.2) is 23.0 Å². The van der Waals surface area contributed by atoms with Gasteiger partial charge in [0.2, 0.25) is 0 Å². The van der Waals surface area contributed by atoms with Gasteiger partial charge in [0.05, 0.1) is 11.4 Å². The van der Waals surface area contributed by atoms with Crippen molar-refractivity contribution < 1.29 is 4.74 Å². The highest BCUT2D eigenvalue weighted by molar-refractivity contribution is 5.44. The standard InChI is InChI=1S/C15H19N3O/c1-11-2-4-13(5-3-11)18-15(16)10-14(17-18)12-6-8-19-9-7-12/h2-5,10,12H,6-9,16H2,1H3. The van der Waals surface area contributed by atoms with Crippen molar-refractivity contribution in [3.63, 3.8) is 0 Å². The van der Waals surface area contributed by atoms with Crippen LogP contribution in [0.2, 0.25) is 0 Å². The molecule has 0 atom stereocenters. The van der Waals surface area contributed by atoms with E-state index in [1.54, 1.807) is 0 Å². The SMILES string of the molecule is Cc1ccc(-n2nc(C3CCOCC3)cc2N)cc1. The molecule has 100 valence electrons. The number of nitrogen functional groups attached to an aromatic ring is 1. The highest BCUT2D eigenvalue weighted by Gasteiger charge is 2.20. The molecule has 1 fully saturated rings. The van der Waals surface area contributed by atoms with Crippen molar-refractivity contribution in [1.82, 2.24) is 9.78 Å². The summed E-state index contributed by atoms with van der Waals surface area (Å²) in [7, 11) is 0. The first kappa shape index (κ1) is 12.2. The number of hydrogen-bond acceptors (Lipinski definition) is 3. The summed E-state index contributed by atoms with van der Waals surface area (Å²) in [5.41, 5.74) is 9.42. The Balaban J connectivity index is 1.90. The molecule has 0 radical (unpaired) electrons. The van der Waals surface area contributed by atoms with E-state index in [4.69, 9.17) is 10.5 Å². The number of ether oxygens (including phenoxy) is 1. The minimum atomic E-state index is 0.475. The number of anilines is 1. The zero-order valence-electron chi connectivity index (χ0n) is 11.2. The van der Waals surface area contributed by atoms with Gasteiger partial charge in [0.25, 0.3) is 0 Å². The Kier molecular flexibility index (Phi) is 3.25. The number of aryl methyl sites for hydroxylation is 1. The molecule has 19 heavy (non-hydrogen) atoms. The van der Waals surface area contributed by atoms with E-state index in [0.717, 1.165) is 37.4 Å². The lowest BCUT2D eigenvalue weighted by Crippen LogP contribution is -2.14. The van der Waals surface area contributed by atoms with Gasteiger partial charge in [0.15, 0.2) is 0 Å². The molecule has 0 unspecified atom stereocenters. The first-order chi connectivity index (χ1) is 9.24. The van der Waals surface area contributed by atoms with Crippen LogP contribution in [0.5, 0.6) is 0 Å². The Bertz CT molecular complexity index is 553. The summed E-state index contributed by atoms with van der Waals surface area (Å²) < 4.78 is 7.21. The molecule has 4 nitrogen and oxygen atoms in total. The van der Waals surface area contributed by atoms with Crippen molar-refractivity contribution in [2.45, 2.75) is 25.7 Å². The van der Waals surface area contributed by atoms with Gasteiger partial charge in [-0.2, -0.15) is 5.10 Å². The molecule has 2 heterocycles. The molecular formula is C15H19N3O. The molecule has 0 bridgehead atoms. The van der Waals surface area contributed by atoms with Gasteiger partial charge >= 0.3 is 0 Å².